The molecule has 0 bridgehead atoms. The van der Waals surface area contributed by atoms with E-state index >= 15 is 0 Å². The van der Waals surface area contributed by atoms with Crippen LogP contribution in [0.15, 0.2) is 52.4 Å². The van der Waals surface area contributed by atoms with E-state index < -0.39 is 0 Å². The first-order valence-electron chi connectivity index (χ1n) is 9.36. The Morgan fingerprint density at radius 1 is 1.21 bits per heavy atom. The van der Waals surface area contributed by atoms with E-state index in [1.807, 2.05) is 36.0 Å². The van der Waals surface area contributed by atoms with Gasteiger partial charge in [0.25, 0.3) is 5.91 Å². The largest absolute Gasteiger partial charge is 0.455 e. The Morgan fingerprint density at radius 3 is 2.86 bits per heavy atom. The van der Waals surface area contributed by atoms with Crippen LogP contribution in [0.4, 0.5) is 5.82 Å². The van der Waals surface area contributed by atoms with E-state index in [0.29, 0.717) is 18.1 Å². The molecule has 0 unspecified atom stereocenters. The van der Waals surface area contributed by atoms with Gasteiger partial charge in [-0.25, -0.2) is 9.97 Å². The lowest BCUT2D eigenvalue weighted by Crippen LogP contribution is -2.23. The summed E-state index contributed by atoms with van der Waals surface area (Å²) in [5, 5.41) is 3.83. The third kappa shape index (κ3) is 4.39. The van der Waals surface area contributed by atoms with Gasteiger partial charge in [-0.3, -0.25) is 4.79 Å². The van der Waals surface area contributed by atoms with Gasteiger partial charge in [-0.2, -0.15) is 0 Å². The Balaban J connectivity index is 1.31. The van der Waals surface area contributed by atoms with E-state index in [9.17, 15) is 4.79 Å². The molecule has 0 aromatic carbocycles. The first-order chi connectivity index (χ1) is 13.7. The van der Waals surface area contributed by atoms with Gasteiger partial charge in [0.1, 0.15) is 11.6 Å². The van der Waals surface area contributed by atoms with Crippen molar-refractivity contribution < 1.29 is 9.21 Å². The Bertz CT molecular complexity index is 945. The molecule has 146 valence electrons. The number of nitrogens with zero attached hydrogens (tertiary/aromatic N) is 4. The van der Waals surface area contributed by atoms with Gasteiger partial charge >= 0.3 is 0 Å². The summed E-state index contributed by atoms with van der Waals surface area (Å²) < 4.78 is 7.64. The molecule has 4 rings (SSSR count). The van der Waals surface area contributed by atoms with E-state index in [4.69, 9.17) is 4.42 Å². The average molecular weight is 398 g/mol. The minimum absolute atomic E-state index is 0.215. The van der Waals surface area contributed by atoms with Gasteiger partial charge in [-0.15, -0.1) is 0 Å². The topological polar surface area (TPSA) is 76.2 Å². The van der Waals surface area contributed by atoms with Gasteiger partial charge in [-0.1, -0.05) is 11.8 Å². The number of aryl methyl sites for hydroxylation is 1. The Morgan fingerprint density at radius 2 is 2.07 bits per heavy atom. The van der Waals surface area contributed by atoms with Crippen LogP contribution in [0.2, 0.25) is 0 Å². The molecule has 28 heavy (non-hydrogen) atoms. The van der Waals surface area contributed by atoms with Crippen LogP contribution in [-0.2, 0) is 19.3 Å². The van der Waals surface area contributed by atoms with Crippen LogP contribution in [0.25, 0.3) is 0 Å². The number of rotatable bonds is 7. The minimum atomic E-state index is -0.215. The Labute approximate surface area is 168 Å². The zero-order valence-electron chi connectivity index (χ0n) is 15.8. The SMILES string of the molecule is Cn1ccnc1SCc1ccc(C(=O)NCc2ccnc(N3CCCC3)c2)o1. The monoisotopic (exact) mass is 397 g/mol. The number of thioether (sulfide) groups is 1. The number of amides is 1. The fourth-order valence-corrected chi connectivity index (χ4v) is 3.99. The zero-order chi connectivity index (χ0) is 19.3. The molecule has 1 fully saturated rings. The summed E-state index contributed by atoms with van der Waals surface area (Å²) in [6, 6.07) is 7.52. The second-order valence-corrected chi connectivity index (χ2v) is 7.72. The van der Waals surface area contributed by atoms with Gasteiger partial charge in [0, 0.05) is 45.3 Å². The highest BCUT2D eigenvalue weighted by Crippen LogP contribution is 2.22. The van der Waals surface area contributed by atoms with Crippen LogP contribution in [-0.4, -0.2) is 33.5 Å². The lowest BCUT2D eigenvalue weighted by atomic mass is 10.2. The molecule has 1 aliphatic heterocycles. The minimum Gasteiger partial charge on any atom is -0.455 e. The molecule has 3 aromatic rings. The van der Waals surface area contributed by atoms with Crippen LogP contribution in [0.1, 0.15) is 34.7 Å². The molecule has 0 atom stereocenters. The molecule has 1 aliphatic rings. The van der Waals surface area contributed by atoms with Gasteiger partial charge in [-0.05, 0) is 42.7 Å². The summed E-state index contributed by atoms with van der Waals surface area (Å²) in [5.74, 6) is 2.47. The second-order valence-electron chi connectivity index (χ2n) is 6.77. The number of carbonyl (C=O) groups excluding carboxylic acids is 1. The van der Waals surface area contributed by atoms with Crippen molar-refractivity contribution in [1.29, 1.82) is 0 Å². The zero-order valence-corrected chi connectivity index (χ0v) is 16.6. The molecule has 0 radical (unpaired) electrons. The summed E-state index contributed by atoms with van der Waals surface area (Å²) in [6.07, 6.45) is 7.88. The third-order valence-corrected chi connectivity index (χ3v) is 5.78. The molecule has 7 nitrogen and oxygen atoms in total. The summed E-state index contributed by atoms with van der Waals surface area (Å²) in [7, 11) is 1.95. The van der Waals surface area contributed by atoms with Crippen molar-refractivity contribution in [3.8, 4) is 0 Å². The maximum absolute atomic E-state index is 12.4. The highest BCUT2D eigenvalue weighted by Gasteiger charge is 2.15. The van der Waals surface area contributed by atoms with Gasteiger partial charge in [0.05, 0.1) is 5.75 Å². The van der Waals surface area contributed by atoms with E-state index in [1.165, 1.54) is 12.8 Å². The number of carbonyl (C=O) groups is 1. The second kappa shape index (κ2) is 8.52. The lowest BCUT2D eigenvalue weighted by molar-refractivity contribution is 0.0921. The summed E-state index contributed by atoms with van der Waals surface area (Å²) in [4.78, 5) is 23.4. The number of hydrogen-bond acceptors (Lipinski definition) is 6. The fraction of sp³-hybridized carbons (Fsp3) is 0.350. The molecule has 0 saturated carbocycles. The quantitative estimate of drug-likeness (QED) is 0.617. The van der Waals surface area contributed by atoms with Crippen molar-refractivity contribution in [2.45, 2.75) is 30.3 Å². The Kier molecular flexibility index (Phi) is 5.66. The molecule has 1 saturated heterocycles. The molecule has 8 heteroatoms. The average Bonchev–Trinajstić information content (AvgIpc) is 3.46. The molecular weight excluding hydrogens is 374 g/mol. The highest BCUT2D eigenvalue weighted by molar-refractivity contribution is 7.98. The number of anilines is 1. The smallest absolute Gasteiger partial charge is 0.287 e. The standard InChI is InChI=1S/C20H23N5O2S/c1-24-11-8-22-20(24)28-14-16-4-5-17(27-16)19(26)23-13-15-6-7-21-18(12-15)25-9-2-3-10-25/h4-8,11-12H,2-3,9-10,13-14H2,1H3,(H,23,26). The summed E-state index contributed by atoms with van der Waals surface area (Å²) >= 11 is 1.57. The van der Waals surface area contributed by atoms with Crippen molar-refractivity contribution >= 4 is 23.5 Å². The summed E-state index contributed by atoms with van der Waals surface area (Å²) in [5.41, 5.74) is 1.03. The molecular formula is C20H23N5O2S. The summed E-state index contributed by atoms with van der Waals surface area (Å²) in [6.45, 7) is 2.54. The van der Waals surface area contributed by atoms with Crippen LogP contribution in [0, 0.1) is 0 Å². The van der Waals surface area contributed by atoms with E-state index in [-0.39, 0.29) is 5.91 Å². The van der Waals surface area contributed by atoms with Crippen molar-refractivity contribution in [3.05, 3.63) is 59.9 Å². The fourth-order valence-electron chi connectivity index (χ4n) is 3.16. The predicted molar refractivity (Wildman–Crippen MR) is 108 cm³/mol. The van der Waals surface area contributed by atoms with Crippen LogP contribution in [0.5, 0.6) is 0 Å². The number of nitrogens with one attached hydrogen (secondary N) is 1. The Hall–Kier alpha value is -2.74. The molecule has 3 aromatic heterocycles. The number of hydrogen-bond donors (Lipinski definition) is 1. The maximum atomic E-state index is 12.4. The van der Waals surface area contributed by atoms with Crippen LogP contribution < -0.4 is 10.2 Å². The highest BCUT2D eigenvalue weighted by atomic mass is 32.2. The number of imidazole rings is 1. The van der Waals surface area contributed by atoms with Gasteiger partial charge in [0.2, 0.25) is 0 Å². The van der Waals surface area contributed by atoms with Gasteiger partial charge < -0.3 is 19.2 Å². The molecule has 1 N–H and O–H groups in total. The molecule has 4 heterocycles. The normalized spacial score (nSPS) is 13.8. The first-order valence-corrected chi connectivity index (χ1v) is 10.3. The third-order valence-electron chi connectivity index (χ3n) is 4.70. The first kappa shape index (κ1) is 18.6. The van der Waals surface area contributed by atoms with Crippen molar-refractivity contribution in [1.82, 2.24) is 19.9 Å². The van der Waals surface area contributed by atoms with E-state index in [2.05, 4.69) is 20.2 Å². The molecule has 0 aliphatic carbocycles. The van der Waals surface area contributed by atoms with E-state index in [1.54, 1.807) is 30.2 Å². The number of aromatic nitrogens is 3. The molecule has 1 amide bonds. The lowest BCUT2D eigenvalue weighted by Gasteiger charge is -2.16. The number of pyridine rings is 1. The number of furan rings is 1. The maximum Gasteiger partial charge on any atom is 0.287 e. The van der Waals surface area contributed by atoms with Crippen molar-refractivity contribution in [2.24, 2.45) is 7.05 Å². The van der Waals surface area contributed by atoms with Crippen LogP contribution in [0.3, 0.4) is 0 Å². The van der Waals surface area contributed by atoms with Crippen molar-refractivity contribution in [2.75, 3.05) is 18.0 Å². The predicted octanol–water partition coefficient (Wildman–Crippen LogP) is 3.23. The van der Waals surface area contributed by atoms with Crippen LogP contribution >= 0.6 is 11.8 Å². The molecule has 0 spiro atoms. The van der Waals surface area contributed by atoms with E-state index in [0.717, 1.165) is 35.4 Å². The van der Waals surface area contributed by atoms with Crippen molar-refractivity contribution in [3.63, 3.8) is 0 Å². The van der Waals surface area contributed by atoms with Gasteiger partial charge in [0.15, 0.2) is 10.9 Å².